The van der Waals surface area contributed by atoms with Crippen molar-refractivity contribution in [2.45, 2.75) is 188 Å². The van der Waals surface area contributed by atoms with Gasteiger partial charge in [-0.1, -0.05) is 190 Å². The fraction of sp³-hybridized carbons (Fsp3) is 0.408. The van der Waals surface area contributed by atoms with Gasteiger partial charge in [0.15, 0.2) is 0 Å². The molecule has 0 saturated carbocycles. The second-order valence-corrected chi connectivity index (χ2v) is 28.9. The lowest BCUT2D eigenvalue weighted by Gasteiger charge is -2.48. The zero-order valence-corrected chi connectivity index (χ0v) is 48.3. The molecule has 2 aliphatic heterocycles. The summed E-state index contributed by atoms with van der Waals surface area (Å²) in [4.78, 5) is 5.47. The van der Waals surface area contributed by atoms with Crippen LogP contribution in [0.3, 0.4) is 0 Å². The number of aryl methyl sites for hydroxylation is 2. The van der Waals surface area contributed by atoms with Crippen molar-refractivity contribution >= 4 is 57.2 Å². The van der Waals surface area contributed by atoms with E-state index in [4.69, 9.17) is 0 Å². The van der Waals surface area contributed by atoms with Gasteiger partial charge in [-0.05, 0) is 203 Å². The molecule has 3 heteroatoms. The quantitative estimate of drug-likeness (QED) is 0.163. The molecular formula is C71H81BN2. The Kier molecular flexibility index (Phi) is 10.4. The zero-order chi connectivity index (χ0) is 52.8. The van der Waals surface area contributed by atoms with Crippen LogP contribution in [0.2, 0.25) is 0 Å². The molecule has 0 saturated heterocycles. The van der Waals surface area contributed by atoms with Gasteiger partial charge in [0.1, 0.15) is 0 Å². The summed E-state index contributed by atoms with van der Waals surface area (Å²) < 4.78 is 0. The maximum absolute atomic E-state index is 2.76. The molecule has 0 amide bonds. The lowest BCUT2D eigenvalue weighted by Crippen LogP contribution is -2.62. The van der Waals surface area contributed by atoms with E-state index in [1.165, 1.54) is 148 Å². The summed E-state index contributed by atoms with van der Waals surface area (Å²) in [6.07, 6.45) is 4.69. The first kappa shape index (κ1) is 49.1. The first-order valence-corrected chi connectivity index (χ1v) is 28.1. The minimum Gasteiger partial charge on any atom is -0.311 e. The van der Waals surface area contributed by atoms with Gasteiger partial charge in [-0.15, -0.1) is 0 Å². The summed E-state index contributed by atoms with van der Waals surface area (Å²) in [5.74, 6) is 0. The molecule has 7 aromatic carbocycles. The first-order valence-electron chi connectivity index (χ1n) is 28.1. The highest BCUT2D eigenvalue weighted by molar-refractivity contribution is 7.00. The Labute approximate surface area is 446 Å². The summed E-state index contributed by atoms with van der Waals surface area (Å²) >= 11 is 0. The number of benzene rings is 7. The molecule has 2 nitrogen and oxygen atoms in total. The fourth-order valence-electron chi connectivity index (χ4n) is 14.4. The second-order valence-electron chi connectivity index (χ2n) is 28.9. The van der Waals surface area contributed by atoms with Crippen molar-refractivity contribution < 1.29 is 0 Å². The number of hydrogen-bond acceptors (Lipinski definition) is 2. The minimum atomic E-state index is -0.192. The molecule has 7 aromatic rings. The average Bonchev–Trinajstić information content (AvgIpc) is 3.55. The summed E-state index contributed by atoms with van der Waals surface area (Å²) in [5, 5.41) is 0. The van der Waals surface area contributed by atoms with E-state index in [0.29, 0.717) is 0 Å². The topological polar surface area (TPSA) is 6.48 Å². The molecule has 0 spiro atoms. The summed E-state index contributed by atoms with van der Waals surface area (Å²) in [7, 11) is 0. The second kappa shape index (κ2) is 15.6. The minimum absolute atomic E-state index is 0.0146. The molecule has 0 radical (unpaired) electrons. The molecule has 2 heterocycles. The van der Waals surface area contributed by atoms with Crippen LogP contribution in [0, 0.1) is 13.8 Å². The fourth-order valence-corrected chi connectivity index (χ4v) is 14.4. The van der Waals surface area contributed by atoms with Gasteiger partial charge in [0.25, 0.3) is 6.71 Å². The van der Waals surface area contributed by atoms with Crippen LogP contribution < -0.4 is 26.2 Å². The molecule has 0 N–H and O–H groups in total. The lowest BCUT2D eigenvalue weighted by atomic mass is 9.33. The third-order valence-corrected chi connectivity index (χ3v) is 19.5. The van der Waals surface area contributed by atoms with Gasteiger partial charge < -0.3 is 9.80 Å². The molecule has 12 rings (SSSR count). The smallest absolute Gasteiger partial charge is 0.252 e. The Morgan fingerprint density at radius 3 is 1.38 bits per heavy atom. The van der Waals surface area contributed by atoms with Crippen molar-refractivity contribution in [1.29, 1.82) is 0 Å². The highest BCUT2D eigenvalue weighted by Gasteiger charge is 2.49. The Bertz CT molecular complexity index is 3530. The molecule has 0 bridgehead atoms. The number of hydrogen-bond donors (Lipinski definition) is 0. The van der Waals surface area contributed by atoms with Crippen molar-refractivity contribution in [3.8, 4) is 22.3 Å². The van der Waals surface area contributed by atoms with Crippen LogP contribution in [0.5, 0.6) is 0 Å². The van der Waals surface area contributed by atoms with Crippen molar-refractivity contribution in [3.63, 3.8) is 0 Å². The van der Waals surface area contributed by atoms with Crippen LogP contribution in [0.1, 0.15) is 192 Å². The Hall–Kier alpha value is -5.80. The standard InChI is InChI=1S/C71H81BN2/c1-42-32-46(65(3,4)5)25-27-58(42)73-61-41-55-53(68(11,12)29-31-70(55,15)16)38-57(61)72-56-37-49-48-36-47(66(6,7)8)24-26-50(48)71(17,18)51(49)39-60(56)74(63-35-45(34-62(73)64(63)72)44-22-20-19-21-23-44)59-40-54-52(33-43(59)2)67(9,10)28-30-69(54,13)14/h19-27,32-41H,28-31H2,1-18H3. The lowest BCUT2D eigenvalue weighted by molar-refractivity contribution is 0.332. The molecule has 5 aliphatic rings. The van der Waals surface area contributed by atoms with E-state index in [1.54, 1.807) is 0 Å². The van der Waals surface area contributed by atoms with E-state index in [1.807, 2.05) is 0 Å². The Morgan fingerprint density at radius 2 is 0.824 bits per heavy atom. The summed E-state index contributed by atoms with van der Waals surface area (Å²) in [5.41, 5.74) is 31.5. The molecule has 0 aromatic heterocycles. The van der Waals surface area contributed by atoms with Gasteiger partial charge in [-0.2, -0.15) is 0 Å². The van der Waals surface area contributed by atoms with Crippen LogP contribution >= 0.6 is 0 Å². The zero-order valence-electron chi connectivity index (χ0n) is 48.3. The SMILES string of the molecule is Cc1cc(C(C)(C)C)ccc1N1c2cc3c(cc2B2c4cc5c(cc4N(c4cc6c(cc4C)C(C)(C)CCC6(C)C)c4cc(-c6ccccc6)cc1c42)C(C)(C)c1ccc(C(C)(C)C)cc1-5)C(C)(C)CCC3(C)C. The van der Waals surface area contributed by atoms with Crippen LogP contribution in [0.4, 0.5) is 34.1 Å². The molecule has 0 unspecified atom stereocenters. The number of nitrogens with zero attached hydrogens (tertiary/aromatic N) is 2. The molecule has 0 fully saturated rings. The summed E-state index contributed by atoms with van der Waals surface area (Å²) in [6, 6.07) is 47.0. The summed E-state index contributed by atoms with van der Waals surface area (Å²) in [6.45, 7) is 43.7. The first-order chi connectivity index (χ1) is 34.5. The predicted octanol–water partition coefficient (Wildman–Crippen LogP) is 17.7. The van der Waals surface area contributed by atoms with Crippen LogP contribution in [0.25, 0.3) is 22.3 Å². The largest absolute Gasteiger partial charge is 0.311 e. The number of rotatable bonds is 3. The Morgan fingerprint density at radius 1 is 0.378 bits per heavy atom. The molecule has 3 aliphatic carbocycles. The molecule has 74 heavy (non-hydrogen) atoms. The number of anilines is 6. The highest BCUT2D eigenvalue weighted by atomic mass is 15.2. The molecular weight excluding hydrogens is 892 g/mol. The van der Waals surface area contributed by atoms with Crippen molar-refractivity contribution in [2.24, 2.45) is 0 Å². The number of fused-ring (bicyclic) bond motifs is 9. The van der Waals surface area contributed by atoms with Gasteiger partial charge in [-0.25, -0.2) is 0 Å². The van der Waals surface area contributed by atoms with E-state index < -0.39 is 0 Å². The van der Waals surface area contributed by atoms with E-state index in [9.17, 15) is 0 Å². The van der Waals surface area contributed by atoms with Gasteiger partial charge >= 0.3 is 0 Å². The third-order valence-electron chi connectivity index (χ3n) is 19.5. The van der Waals surface area contributed by atoms with Gasteiger partial charge in [-0.3, -0.25) is 0 Å². The predicted molar refractivity (Wildman–Crippen MR) is 321 cm³/mol. The van der Waals surface area contributed by atoms with Gasteiger partial charge in [0, 0.05) is 39.5 Å². The maximum atomic E-state index is 2.76. The van der Waals surface area contributed by atoms with Gasteiger partial charge in [0.05, 0.1) is 0 Å². The van der Waals surface area contributed by atoms with Crippen LogP contribution in [0.15, 0.2) is 115 Å². The van der Waals surface area contributed by atoms with Crippen molar-refractivity contribution in [3.05, 3.63) is 171 Å². The van der Waals surface area contributed by atoms with E-state index in [-0.39, 0.29) is 44.6 Å². The highest BCUT2D eigenvalue weighted by Crippen LogP contribution is 2.56. The van der Waals surface area contributed by atoms with E-state index in [2.05, 4.69) is 250 Å². The average molecular weight is 973 g/mol. The molecule has 378 valence electrons. The Balaban J connectivity index is 1.26. The monoisotopic (exact) mass is 973 g/mol. The normalized spacial score (nSPS) is 18.9. The van der Waals surface area contributed by atoms with E-state index >= 15 is 0 Å². The van der Waals surface area contributed by atoms with Crippen LogP contribution in [-0.4, -0.2) is 6.71 Å². The van der Waals surface area contributed by atoms with Crippen molar-refractivity contribution in [1.82, 2.24) is 0 Å². The molecule has 0 atom stereocenters. The third kappa shape index (κ3) is 7.17. The maximum Gasteiger partial charge on any atom is 0.252 e. The van der Waals surface area contributed by atoms with Crippen molar-refractivity contribution in [2.75, 3.05) is 9.80 Å². The van der Waals surface area contributed by atoms with E-state index in [0.717, 1.165) is 6.42 Å². The van der Waals surface area contributed by atoms with Gasteiger partial charge in [0.2, 0.25) is 0 Å². The van der Waals surface area contributed by atoms with Crippen LogP contribution in [-0.2, 0) is 37.9 Å².